The van der Waals surface area contributed by atoms with Gasteiger partial charge in [-0.25, -0.2) is 4.39 Å². The highest BCUT2D eigenvalue weighted by atomic mass is 19.4. The molecule has 0 aromatic heterocycles. The summed E-state index contributed by atoms with van der Waals surface area (Å²) in [5, 5.41) is 2.92. The number of carbonyl (C=O) groups excluding carboxylic acids is 1. The number of halogens is 4. The number of alkyl halides is 3. The highest BCUT2D eigenvalue weighted by Crippen LogP contribution is 2.40. The van der Waals surface area contributed by atoms with Crippen molar-refractivity contribution < 1.29 is 27.1 Å². The number of anilines is 2. The molecule has 3 aromatic rings. The maximum atomic E-state index is 13.4. The van der Waals surface area contributed by atoms with Crippen LogP contribution in [-0.2, 0) is 23.9 Å². The van der Waals surface area contributed by atoms with Gasteiger partial charge in [-0.1, -0.05) is 12.1 Å². The molecule has 1 fully saturated rings. The third kappa shape index (κ3) is 5.21. The molecule has 0 unspecified atom stereocenters. The largest absolute Gasteiger partial charge is 0.497 e. The summed E-state index contributed by atoms with van der Waals surface area (Å²) in [6.45, 7) is 1.98. The number of methoxy groups -OCH3 is 1. The van der Waals surface area contributed by atoms with E-state index in [4.69, 9.17) is 4.74 Å². The van der Waals surface area contributed by atoms with E-state index in [0.717, 1.165) is 28.8 Å². The van der Waals surface area contributed by atoms with E-state index in [1.54, 1.807) is 19.2 Å². The maximum absolute atomic E-state index is 13.4. The molecular weight excluding hydrogens is 486 g/mol. The molecule has 3 aromatic carbocycles. The fourth-order valence-corrected chi connectivity index (χ4v) is 5.25. The molecule has 2 atom stereocenters. The van der Waals surface area contributed by atoms with Gasteiger partial charge in [-0.05, 0) is 72.1 Å². The minimum absolute atomic E-state index is 0.201. The molecule has 9 heteroatoms. The van der Waals surface area contributed by atoms with Gasteiger partial charge < -0.3 is 19.9 Å². The van der Waals surface area contributed by atoms with Crippen LogP contribution < -0.4 is 19.9 Å². The first-order valence-electron chi connectivity index (χ1n) is 12.1. The van der Waals surface area contributed by atoms with E-state index in [1.807, 2.05) is 24.3 Å². The molecule has 1 amide bonds. The Bertz CT molecular complexity index is 1260. The van der Waals surface area contributed by atoms with E-state index < -0.39 is 17.7 Å². The molecule has 194 valence electrons. The Hall–Kier alpha value is -3.75. The van der Waals surface area contributed by atoms with Crippen molar-refractivity contribution in [3.05, 3.63) is 89.2 Å². The summed E-state index contributed by atoms with van der Waals surface area (Å²) in [5.41, 5.74) is 2.28. The molecule has 5 rings (SSSR count). The Balaban J connectivity index is 1.42. The van der Waals surface area contributed by atoms with E-state index in [-0.39, 0.29) is 30.7 Å². The third-order valence-corrected chi connectivity index (χ3v) is 7.19. The standard InChI is InChI=1S/C28H27F4N3O2/c1-37-23-9-7-22(8-10-23)34-12-13-35-25-11-4-20(28(30,31)32)14-19(25)15-24(26(35)17-34)27(36)33-16-18-2-5-21(29)6-3-18/h2-11,14,24,26H,12-13,15-17H2,1H3,(H,33,36)/t24-,26-/m1/s1. The minimum Gasteiger partial charge on any atom is -0.497 e. The van der Waals surface area contributed by atoms with E-state index in [0.29, 0.717) is 25.2 Å². The van der Waals surface area contributed by atoms with Crippen LogP contribution in [0, 0.1) is 11.7 Å². The summed E-state index contributed by atoms with van der Waals surface area (Å²) in [6, 6.07) is 17.1. The van der Waals surface area contributed by atoms with Gasteiger partial charge >= 0.3 is 6.18 Å². The van der Waals surface area contributed by atoms with Crippen molar-refractivity contribution in [2.24, 2.45) is 5.92 Å². The molecule has 37 heavy (non-hydrogen) atoms. The van der Waals surface area contributed by atoms with Crippen molar-refractivity contribution >= 4 is 17.3 Å². The lowest BCUT2D eigenvalue weighted by molar-refractivity contribution is -0.137. The Morgan fingerprint density at radius 3 is 2.43 bits per heavy atom. The molecule has 0 saturated carbocycles. The first-order chi connectivity index (χ1) is 17.7. The first kappa shape index (κ1) is 24.9. The normalized spacial score (nSPS) is 19.2. The summed E-state index contributed by atoms with van der Waals surface area (Å²) in [4.78, 5) is 17.7. The molecule has 2 heterocycles. The Morgan fingerprint density at radius 1 is 1.03 bits per heavy atom. The van der Waals surface area contributed by atoms with E-state index in [9.17, 15) is 22.4 Å². The fourth-order valence-electron chi connectivity index (χ4n) is 5.25. The number of piperazine rings is 1. The smallest absolute Gasteiger partial charge is 0.416 e. The van der Waals surface area contributed by atoms with Crippen LogP contribution in [0.25, 0.3) is 0 Å². The summed E-state index contributed by atoms with van der Waals surface area (Å²) < 4.78 is 58.8. The van der Waals surface area contributed by atoms with Gasteiger partial charge in [-0.15, -0.1) is 0 Å². The number of nitrogens with one attached hydrogen (secondary N) is 1. The van der Waals surface area contributed by atoms with Crippen molar-refractivity contribution in [3.8, 4) is 5.75 Å². The molecule has 1 N–H and O–H groups in total. The number of hydrogen-bond acceptors (Lipinski definition) is 4. The predicted octanol–water partition coefficient (Wildman–Crippen LogP) is 5.04. The van der Waals surface area contributed by atoms with E-state index in [2.05, 4.69) is 15.1 Å². The monoisotopic (exact) mass is 513 g/mol. The Kier molecular flexibility index (Phi) is 6.70. The van der Waals surface area contributed by atoms with Crippen LogP contribution in [0.1, 0.15) is 16.7 Å². The second-order valence-corrected chi connectivity index (χ2v) is 9.40. The van der Waals surface area contributed by atoms with Crippen molar-refractivity contribution in [3.63, 3.8) is 0 Å². The predicted molar refractivity (Wildman–Crippen MR) is 133 cm³/mol. The quantitative estimate of drug-likeness (QED) is 0.486. The molecule has 0 spiro atoms. The summed E-state index contributed by atoms with van der Waals surface area (Å²) >= 11 is 0. The Labute approximate surface area is 212 Å². The van der Waals surface area contributed by atoms with Crippen LogP contribution in [-0.4, -0.2) is 38.7 Å². The molecule has 5 nitrogen and oxygen atoms in total. The molecule has 0 radical (unpaired) electrons. The van der Waals surface area contributed by atoms with Crippen LogP contribution in [0.5, 0.6) is 5.75 Å². The highest BCUT2D eigenvalue weighted by molar-refractivity contribution is 5.82. The molecule has 0 aliphatic carbocycles. The number of nitrogens with zero attached hydrogens (tertiary/aromatic N) is 2. The van der Waals surface area contributed by atoms with Gasteiger partial charge in [0.1, 0.15) is 11.6 Å². The maximum Gasteiger partial charge on any atom is 0.416 e. The molecule has 0 bridgehead atoms. The zero-order valence-electron chi connectivity index (χ0n) is 20.3. The number of amides is 1. The van der Waals surface area contributed by atoms with Crippen LogP contribution in [0.15, 0.2) is 66.7 Å². The minimum atomic E-state index is -4.46. The summed E-state index contributed by atoms with van der Waals surface area (Å²) in [5.74, 6) is -0.417. The summed E-state index contributed by atoms with van der Waals surface area (Å²) in [7, 11) is 1.60. The number of rotatable bonds is 5. The second-order valence-electron chi connectivity index (χ2n) is 9.40. The number of ether oxygens (including phenoxy) is 1. The van der Waals surface area contributed by atoms with Crippen LogP contribution in [0.2, 0.25) is 0 Å². The van der Waals surface area contributed by atoms with Gasteiger partial charge in [0.15, 0.2) is 0 Å². The number of carbonyl (C=O) groups is 1. The van der Waals surface area contributed by atoms with Gasteiger partial charge in [0.05, 0.1) is 24.6 Å². The Morgan fingerprint density at radius 2 is 1.76 bits per heavy atom. The van der Waals surface area contributed by atoms with Gasteiger partial charge in [0, 0.05) is 37.6 Å². The zero-order valence-corrected chi connectivity index (χ0v) is 20.3. The average Bonchev–Trinajstić information content (AvgIpc) is 2.91. The van der Waals surface area contributed by atoms with Crippen LogP contribution >= 0.6 is 0 Å². The SMILES string of the molecule is COc1ccc(N2CCN3c4ccc(C(F)(F)F)cc4C[C@@H](C(=O)NCc4ccc(F)cc4)[C@H]3C2)cc1. The number of benzene rings is 3. The number of hydrogen-bond donors (Lipinski definition) is 1. The van der Waals surface area contributed by atoms with Crippen molar-refractivity contribution in [1.82, 2.24) is 5.32 Å². The lowest BCUT2D eigenvalue weighted by atomic mass is 9.82. The van der Waals surface area contributed by atoms with Crippen LogP contribution in [0.4, 0.5) is 28.9 Å². The lowest BCUT2D eigenvalue weighted by Gasteiger charge is -2.49. The first-order valence-corrected chi connectivity index (χ1v) is 12.1. The van der Waals surface area contributed by atoms with Crippen molar-refractivity contribution in [1.29, 1.82) is 0 Å². The van der Waals surface area contributed by atoms with Gasteiger partial charge in [-0.2, -0.15) is 13.2 Å². The van der Waals surface area contributed by atoms with Crippen molar-refractivity contribution in [2.75, 3.05) is 36.5 Å². The van der Waals surface area contributed by atoms with E-state index >= 15 is 0 Å². The summed E-state index contributed by atoms with van der Waals surface area (Å²) in [6.07, 6.45) is -4.26. The molecular formula is C28H27F4N3O2. The third-order valence-electron chi connectivity index (χ3n) is 7.19. The van der Waals surface area contributed by atoms with E-state index in [1.165, 1.54) is 24.3 Å². The van der Waals surface area contributed by atoms with Gasteiger partial charge in [-0.3, -0.25) is 4.79 Å². The zero-order chi connectivity index (χ0) is 26.2. The second kappa shape index (κ2) is 9.95. The van der Waals surface area contributed by atoms with Gasteiger partial charge in [0.2, 0.25) is 5.91 Å². The van der Waals surface area contributed by atoms with Crippen LogP contribution in [0.3, 0.4) is 0 Å². The fraction of sp³-hybridized carbons (Fsp3) is 0.321. The average molecular weight is 514 g/mol. The van der Waals surface area contributed by atoms with Crippen molar-refractivity contribution in [2.45, 2.75) is 25.2 Å². The van der Waals surface area contributed by atoms with Gasteiger partial charge in [0.25, 0.3) is 0 Å². The lowest BCUT2D eigenvalue weighted by Crippen LogP contribution is -2.61. The number of fused-ring (bicyclic) bond motifs is 3. The molecule has 2 aliphatic rings. The topological polar surface area (TPSA) is 44.8 Å². The highest BCUT2D eigenvalue weighted by Gasteiger charge is 2.42. The molecule has 1 saturated heterocycles. The molecule has 2 aliphatic heterocycles.